The maximum atomic E-state index is 6.35. The molecule has 1 atom stereocenters. The van der Waals surface area contributed by atoms with Crippen LogP contribution in [0.25, 0.3) is 0 Å². The molecule has 2 aliphatic rings. The van der Waals surface area contributed by atoms with Crippen molar-refractivity contribution in [3.63, 3.8) is 0 Å². The Morgan fingerprint density at radius 3 is 2.85 bits per heavy atom. The molecule has 1 saturated carbocycles. The zero-order valence-electron chi connectivity index (χ0n) is 11.8. The van der Waals surface area contributed by atoms with Gasteiger partial charge in [0.15, 0.2) is 0 Å². The van der Waals surface area contributed by atoms with Crippen LogP contribution in [0.5, 0.6) is 0 Å². The van der Waals surface area contributed by atoms with Crippen LogP contribution in [0.2, 0.25) is 5.15 Å². The van der Waals surface area contributed by atoms with Gasteiger partial charge in [0.1, 0.15) is 11.0 Å². The number of halogens is 1. The molecule has 0 spiro atoms. The highest BCUT2D eigenvalue weighted by molar-refractivity contribution is 7.98. The average Bonchev–Trinajstić information content (AvgIpc) is 3.23. The Balaban J connectivity index is 1.91. The van der Waals surface area contributed by atoms with Gasteiger partial charge in [0.25, 0.3) is 0 Å². The van der Waals surface area contributed by atoms with E-state index in [0.29, 0.717) is 17.2 Å². The fourth-order valence-corrected chi connectivity index (χ4v) is 3.29. The Hall–Kier alpha value is -0.720. The standard InChI is InChI=1S/C13H20ClN5S/c1-8-7-15-5-6-19(8)13-17-11(14)10(20-2)12(18-13)16-9-3-4-9/h8-9,15H,3-7H2,1-2H3,(H,16,17,18). The maximum absolute atomic E-state index is 6.35. The van der Waals surface area contributed by atoms with Crippen molar-refractivity contribution in [2.24, 2.45) is 0 Å². The highest BCUT2D eigenvalue weighted by Gasteiger charge is 2.26. The van der Waals surface area contributed by atoms with Gasteiger partial charge < -0.3 is 15.5 Å². The van der Waals surface area contributed by atoms with Crippen molar-refractivity contribution >= 4 is 35.1 Å². The Kier molecular flexibility index (Phi) is 4.23. The van der Waals surface area contributed by atoms with E-state index in [-0.39, 0.29) is 0 Å². The molecule has 110 valence electrons. The number of aromatic nitrogens is 2. The molecule has 1 aromatic heterocycles. The van der Waals surface area contributed by atoms with Gasteiger partial charge in [-0.05, 0) is 26.0 Å². The third-order valence-corrected chi connectivity index (χ3v) is 4.87. The SMILES string of the molecule is CSc1c(Cl)nc(N2CCNCC2C)nc1NC1CC1. The molecule has 1 saturated heterocycles. The fourth-order valence-electron chi connectivity index (χ4n) is 2.38. The van der Waals surface area contributed by atoms with Crippen molar-refractivity contribution < 1.29 is 0 Å². The van der Waals surface area contributed by atoms with E-state index in [4.69, 9.17) is 16.6 Å². The van der Waals surface area contributed by atoms with E-state index < -0.39 is 0 Å². The Bertz CT molecular complexity index is 494. The number of piperazine rings is 1. The van der Waals surface area contributed by atoms with E-state index in [1.54, 1.807) is 11.8 Å². The predicted octanol–water partition coefficient (Wildman–Crippen LogP) is 2.22. The molecule has 5 nitrogen and oxygen atoms in total. The number of hydrogen-bond acceptors (Lipinski definition) is 6. The molecule has 0 bridgehead atoms. The molecule has 2 fully saturated rings. The fraction of sp³-hybridized carbons (Fsp3) is 0.692. The van der Waals surface area contributed by atoms with E-state index >= 15 is 0 Å². The molecule has 0 radical (unpaired) electrons. The second kappa shape index (κ2) is 5.95. The van der Waals surface area contributed by atoms with Crippen LogP contribution in [-0.2, 0) is 0 Å². The molecule has 1 unspecified atom stereocenters. The van der Waals surface area contributed by atoms with Gasteiger partial charge in [-0.3, -0.25) is 0 Å². The molecule has 1 aromatic rings. The van der Waals surface area contributed by atoms with Crippen molar-refractivity contribution in [3.05, 3.63) is 5.15 Å². The molecular formula is C13H20ClN5S. The van der Waals surface area contributed by atoms with Gasteiger partial charge in [0, 0.05) is 31.7 Å². The number of rotatable bonds is 4. The quantitative estimate of drug-likeness (QED) is 0.657. The van der Waals surface area contributed by atoms with Crippen LogP contribution in [-0.4, -0.2) is 47.9 Å². The van der Waals surface area contributed by atoms with Crippen LogP contribution in [0.3, 0.4) is 0 Å². The Morgan fingerprint density at radius 1 is 1.40 bits per heavy atom. The lowest BCUT2D eigenvalue weighted by atomic mass is 10.2. The zero-order valence-corrected chi connectivity index (χ0v) is 13.4. The summed E-state index contributed by atoms with van der Waals surface area (Å²) in [5.74, 6) is 1.63. The first-order valence-corrected chi connectivity index (χ1v) is 8.64. The van der Waals surface area contributed by atoms with Gasteiger partial charge in [0.2, 0.25) is 5.95 Å². The molecule has 2 N–H and O–H groups in total. The van der Waals surface area contributed by atoms with Crippen LogP contribution in [0.1, 0.15) is 19.8 Å². The number of nitrogens with one attached hydrogen (secondary N) is 2. The van der Waals surface area contributed by atoms with Crippen LogP contribution in [0.15, 0.2) is 4.90 Å². The number of anilines is 2. The maximum Gasteiger partial charge on any atom is 0.229 e. The van der Waals surface area contributed by atoms with Crippen molar-refractivity contribution in [1.82, 2.24) is 15.3 Å². The largest absolute Gasteiger partial charge is 0.366 e. The van der Waals surface area contributed by atoms with Gasteiger partial charge in [-0.25, -0.2) is 0 Å². The van der Waals surface area contributed by atoms with Gasteiger partial charge in [-0.1, -0.05) is 11.6 Å². The van der Waals surface area contributed by atoms with Crippen LogP contribution >= 0.6 is 23.4 Å². The molecule has 1 aliphatic carbocycles. The molecule has 7 heteroatoms. The molecular weight excluding hydrogens is 294 g/mol. The highest BCUT2D eigenvalue weighted by atomic mass is 35.5. The van der Waals surface area contributed by atoms with E-state index in [0.717, 1.165) is 36.3 Å². The van der Waals surface area contributed by atoms with E-state index in [2.05, 4.69) is 27.4 Å². The highest BCUT2D eigenvalue weighted by Crippen LogP contribution is 2.35. The number of hydrogen-bond donors (Lipinski definition) is 2. The van der Waals surface area contributed by atoms with Gasteiger partial charge >= 0.3 is 0 Å². The van der Waals surface area contributed by atoms with Gasteiger partial charge in [-0.2, -0.15) is 9.97 Å². The van der Waals surface area contributed by atoms with E-state index in [1.165, 1.54) is 12.8 Å². The molecule has 0 amide bonds. The summed E-state index contributed by atoms with van der Waals surface area (Å²) in [6.45, 7) is 5.01. The van der Waals surface area contributed by atoms with Crippen molar-refractivity contribution in [2.75, 3.05) is 36.1 Å². The van der Waals surface area contributed by atoms with E-state index in [9.17, 15) is 0 Å². The van der Waals surface area contributed by atoms with Gasteiger partial charge in [0.05, 0.1) is 4.90 Å². The summed E-state index contributed by atoms with van der Waals surface area (Å²) < 4.78 is 0. The second-order valence-corrected chi connectivity index (χ2v) is 6.54. The van der Waals surface area contributed by atoms with Crippen LogP contribution in [0.4, 0.5) is 11.8 Å². The smallest absolute Gasteiger partial charge is 0.229 e. The van der Waals surface area contributed by atoms with Crippen LogP contribution in [0, 0.1) is 0 Å². The number of nitrogens with zero attached hydrogens (tertiary/aromatic N) is 3. The average molecular weight is 314 g/mol. The first-order valence-electron chi connectivity index (χ1n) is 7.04. The minimum atomic E-state index is 0.383. The summed E-state index contributed by atoms with van der Waals surface area (Å²) in [4.78, 5) is 12.4. The summed E-state index contributed by atoms with van der Waals surface area (Å²) in [7, 11) is 0. The minimum Gasteiger partial charge on any atom is -0.366 e. The third kappa shape index (κ3) is 2.97. The molecule has 20 heavy (non-hydrogen) atoms. The van der Waals surface area contributed by atoms with E-state index in [1.807, 2.05) is 6.26 Å². The normalized spacial score (nSPS) is 22.9. The van der Waals surface area contributed by atoms with Gasteiger partial charge in [-0.15, -0.1) is 11.8 Å². The second-order valence-electron chi connectivity index (χ2n) is 5.36. The lowest BCUT2D eigenvalue weighted by molar-refractivity contribution is 0.493. The molecule has 0 aromatic carbocycles. The number of thioether (sulfide) groups is 1. The summed E-state index contributed by atoms with van der Waals surface area (Å²) in [6.07, 6.45) is 4.44. The first-order chi connectivity index (χ1) is 9.69. The summed E-state index contributed by atoms with van der Waals surface area (Å²) >= 11 is 7.95. The summed E-state index contributed by atoms with van der Waals surface area (Å²) in [5, 5.41) is 7.40. The van der Waals surface area contributed by atoms with Crippen molar-refractivity contribution in [3.8, 4) is 0 Å². The summed E-state index contributed by atoms with van der Waals surface area (Å²) in [6, 6.07) is 0.939. The predicted molar refractivity (Wildman–Crippen MR) is 85.1 cm³/mol. The summed E-state index contributed by atoms with van der Waals surface area (Å²) in [5.41, 5.74) is 0. The first kappa shape index (κ1) is 14.2. The minimum absolute atomic E-state index is 0.383. The van der Waals surface area contributed by atoms with Crippen molar-refractivity contribution in [2.45, 2.75) is 36.7 Å². The topological polar surface area (TPSA) is 53.1 Å². The Morgan fingerprint density at radius 2 is 2.20 bits per heavy atom. The van der Waals surface area contributed by atoms with Crippen molar-refractivity contribution in [1.29, 1.82) is 0 Å². The molecule has 1 aliphatic heterocycles. The lowest BCUT2D eigenvalue weighted by Crippen LogP contribution is -2.50. The third-order valence-electron chi connectivity index (χ3n) is 3.69. The molecule has 2 heterocycles. The van der Waals surface area contributed by atoms with Crippen LogP contribution < -0.4 is 15.5 Å². The Labute approximate surface area is 128 Å². The zero-order chi connectivity index (χ0) is 14.1. The lowest BCUT2D eigenvalue weighted by Gasteiger charge is -2.34. The molecule has 3 rings (SSSR count). The monoisotopic (exact) mass is 313 g/mol.